The highest BCUT2D eigenvalue weighted by molar-refractivity contribution is 5.81. The molecule has 0 amide bonds. The Labute approximate surface area is 112 Å². The van der Waals surface area contributed by atoms with E-state index in [9.17, 15) is 0 Å². The molecule has 2 rings (SSSR count). The van der Waals surface area contributed by atoms with Gasteiger partial charge in [0.1, 0.15) is 0 Å². The number of amidine groups is 1. The van der Waals surface area contributed by atoms with Gasteiger partial charge in [-0.05, 0) is 19.9 Å². The van der Waals surface area contributed by atoms with E-state index in [4.69, 9.17) is 10.9 Å². The van der Waals surface area contributed by atoms with E-state index in [0.29, 0.717) is 6.54 Å². The van der Waals surface area contributed by atoms with Crippen LogP contribution in [0, 0.1) is 13.8 Å². The number of aryl methyl sites for hydroxylation is 2. The van der Waals surface area contributed by atoms with Crippen LogP contribution in [0.1, 0.15) is 11.4 Å². The number of nitrogens with zero attached hydrogens (tertiary/aromatic N) is 5. The summed E-state index contributed by atoms with van der Waals surface area (Å²) in [5, 5.41) is 11.6. The quantitative estimate of drug-likeness (QED) is 0.344. The average Bonchev–Trinajstić information content (AvgIpc) is 2.38. The van der Waals surface area contributed by atoms with Gasteiger partial charge in [-0.2, -0.15) is 0 Å². The molecule has 0 aliphatic carbocycles. The van der Waals surface area contributed by atoms with Gasteiger partial charge >= 0.3 is 0 Å². The molecule has 7 heteroatoms. The topological polar surface area (TPSA) is 90.9 Å². The number of oxime groups is 1. The number of hydrogen-bond donors (Lipinski definition) is 2. The van der Waals surface area contributed by atoms with Gasteiger partial charge in [-0.25, -0.2) is 9.97 Å². The van der Waals surface area contributed by atoms with E-state index in [0.717, 1.165) is 43.5 Å². The molecule has 1 aromatic heterocycles. The molecule has 3 N–H and O–H groups in total. The summed E-state index contributed by atoms with van der Waals surface area (Å²) in [7, 11) is 0. The van der Waals surface area contributed by atoms with Crippen molar-refractivity contribution in [3.63, 3.8) is 0 Å². The van der Waals surface area contributed by atoms with Gasteiger partial charge in [0.05, 0.1) is 6.54 Å². The Morgan fingerprint density at radius 3 is 2.37 bits per heavy atom. The van der Waals surface area contributed by atoms with Gasteiger partial charge < -0.3 is 15.8 Å². The number of anilines is 1. The number of rotatable bonds is 3. The number of hydrogen-bond acceptors (Lipinski definition) is 6. The fourth-order valence-corrected chi connectivity index (χ4v) is 2.22. The molecule has 2 heterocycles. The van der Waals surface area contributed by atoms with E-state index < -0.39 is 0 Å². The molecule has 0 atom stereocenters. The maximum absolute atomic E-state index is 8.56. The fraction of sp³-hybridized carbons (Fsp3) is 0.583. The fourth-order valence-electron chi connectivity index (χ4n) is 2.22. The van der Waals surface area contributed by atoms with Gasteiger partial charge in [0, 0.05) is 37.6 Å². The maximum Gasteiger partial charge on any atom is 0.225 e. The van der Waals surface area contributed by atoms with E-state index in [-0.39, 0.29) is 5.84 Å². The van der Waals surface area contributed by atoms with E-state index in [2.05, 4.69) is 24.9 Å². The predicted molar refractivity (Wildman–Crippen MR) is 73.6 cm³/mol. The monoisotopic (exact) mass is 264 g/mol. The molecule has 1 saturated heterocycles. The highest BCUT2D eigenvalue weighted by atomic mass is 16.4. The lowest BCUT2D eigenvalue weighted by Crippen LogP contribution is -2.49. The summed E-state index contributed by atoms with van der Waals surface area (Å²) in [6, 6.07) is 1.97. The van der Waals surface area contributed by atoms with Crippen molar-refractivity contribution in [2.75, 3.05) is 37.6 Å². The van der Waals surface area contributed by atoms with Crippen molar-refractivity contribution in [3.05, 3.63) is 17.5 Å². The molecule has 1 fully saturated rings. The van der Waals surface area contributed by atoms with Crippen molar-refractivity contribution in [1.82, 2.24) is 14.9 Å². The van der Waals surface area contributed by atoms with Crippen molar-refractivity contribution in [1.29, 1.82) is 0 Å². The van der Waals surface area contributed by atoms with Gasteiger partial charge in [0.2, 0.25) is 5.95 Å². The summed E-state index contributed by atoms with van der Waals surface area (Å²) in [5.41, 5.74) is 7.48. The first-order valence-electron chi connectivity index (χ1n) is 6.34. The third-order valence-corrected chi connectivity index (χ3v) is 3.14. The van der Waals surface area contributed by atoms with Crippen LogP contribution in [0.3, 0.4) is 0 Å². The van der Waals surface area contributed by atoms with Gasteiger partial charge in [-0.1, -0.05) is 5.16 Å². The zero-order chi connectivity index (χ0) is 13.8. The summed E-state index contributed by atoms with van der Waals surface area (Å²) in [4.78, 5) is 13.3. The van der Waals surface area contributed by atoms with Crippen molar-refractivity contribution >= 4 is 11.8 Å². The van der Waals surface area contributed by atoms with Crippen LogP contribution in [0.5, 0.6) is 0 Å². The lowest BCUT2D eigenvalue weighted by atomic mass is 10.3. The molecule has 1 aliphatic rings. The minimum Gasteiger partial charge on any atom is -0.409 e. The Balaban J connectivity index is 1.96. The van der Waals surface area contributed by atoms with Crippen molar-refractivity contribution in [2.45, 2.75) is 13.8 Å². The van der Waals surface area contributed by atoms with Gasteiger partial charge in [0.25, 0.3) is 0 Å². The lowest BCUT2D eigenvalue weighted by Gasteiger charge is -2.34. The van der Waals surface area contributed by atoms with Crippen LogP contribution in [-0.2, 0) is 0 Å². The highest BCUT2D eigenvalue weighted by Crippen LogP contribution is 2.12. The molecule has 0 radical (unpaired) electrons. The summed E-state index contributed by atoms with van der Waals surface area (Å²) < 4.78 is 0. The largest absolute Gasteiger partial charge is 0.409 e. The Bertz CT molecular complexity index is 447. The van der Waals surface area contributed by atoms with Crippen LogP contribution in [-0.4, -0.2) is 58.6 Å². The number of nitrogens with two attached hydrogens (primary N) is 1. The second-order valence-corrected chi connectivity index (χ2v) is 4.81. The number of aromatic nitrogens is 2. The maximum atomic E-state index is 8.56. The molecule has 0 aromatic carbocycles. The van der Waals surface area contributed by atoms with Crippen molar-refractivity contribution in [2.24, 2.45) is 10.9 Å². The Kier molecular flexibility index (Phi) is 4.16. The second kappa shape index (κ2) is 5.83. The van der Waals surface area contributed by atoms with Crippen molar-refractivity contribution < 1.29 is 5.21 Å². The molecule has 1 aromatic rings. The molecule has 19 heavy (non-hydrogen) atoms. The third-order valence-electron chi connectivity index (χ3n) is 3.14. The molecule has 0 bridgehead atoms. The van der Waals surface area contributed by atoms with Crippen LogP contribution in [0.2, 0.25) is 0 Å². The van der Waals surface area contributed by atoms with Crippen LogP contribution >= 0.6 is 0 Å². The zero-order valence-electron chi connectivity index (χ0n) is 11.4. The normalized spacial score (nSPS) is 17.8. The van der Waals surface area contributed by atoms with Gasteiger partial charge in [-0.3, -0.25) is 4.90 Å². The first kappa shape index (κ1) is 13.5. The number of piperazine rings is 1. The lowest BCUT2D eigenvalue weighted by molar-refractivity contribution is 0.277. The molecule has 104 valence electrons. The van der Waals surface area contributed by atoms with E-state index in [1.807, 2.05) is 19.9 Å². The third kappa shape index (κ3) is 3.54. The van der Waals surface area contributed by atoms with Crippen LogP contribution < -0.4 is 10.6 Å². The molecular weight excluding hydrogens is 244 g/mol. The Hall–Kier alpha value is -1.89. The van der Waals surface area contributed by atoms with Gasteiger partial charge in [0.15, 0.2) is 5.84 Å². The standard InChI is InChI=1S/C12H20N6O/c1-9-7-10(2)15-12(14-9)18-5-3-17(4-6-18)8-11(13)16-19/h7,19H,3-6,8H2,1-2H3,(H2,13,16). The summed E-state index contributed by atoms with van der Waals surface area (Å²) >= 11 is 0. The molecule has 1 aliphatic heterocycles. The van der Waals surface area contributed by atoms with Gasteiger partial charge in [-0.15, -0.1) is 0 Å². The summed E-state index contributed by atoms with van der Waals surface area (Å²) in [6.45, 7) is 7.86. The van der Waals surface area contributed by atoms with E-state index in [1.165, 1.54) is 0 Å². The van der Waals surface area contributed by atoms with E-state index >= 15 is 0 Å². The molecule has 0 saturated carbocycles. The molecule has 0 spiro atoms. The molecular formula is C12H20N6O. The van der Waals surface area contributed by atoms with Crippen LogP contribution in [0.25, 0.3) is 0 Å². The summed E-state index contributed by atoms with van der Waals surface area (Å²) in [6.07, 6.45) is 0. The Morgan fingerprint density at radius 2 is 1.84 bits per heavy atom. The van der Waals surface area contributed by atoms with Crippen molar-refractivity contribution in [3.8, 4) is 0 Å². The van der Waals surface area contributed by atoms with E-state index in [1.54, 1.807) is 0 Å². The summed E-state index contributed by atoms with van der Waals surface area (Å²) in [5.74, 6) is 1.04. The smallest absolute Gasteiger partial charge is 0.225 e. The molecule has 0 unspecified atom stereocenters. The SMILES string of the molecule is Cc1cc(C)nc(N2CCN(CC(N)=NO)CC2)n1. The Morgan fingerprint density at radius 1 is 1.26 bits per heavy atom. The zero-order valence-corrected chi connectivity index (χ0v) is 11.4. The van der Waals surface area contributed by atoms with Crippen LogP contribution in [0.15, 0.2) is 11.2 Å². The highest BCUT2D eigenvalue weighted by Gasteiger charge is 2.19. The average molecular weight is 264 g/mol. The minimum atomic E-state index is 0.246. The second-order valence-electron chi connectivity index (χ2n) is 4.81. The first-order valence-corrected chi connectivity index (χ1v) is 6.34. The molecule has 7 nitrogen and oxygen atoms in total. The minimum absolute atomic E-state index is 0.246. The predicted octanol–water partition coefficient (Wildman–Crippen LogP) is -0.0382. The van der Waals surface area contributed by atoms with Crippen LogP contribution in [0.4, 0.5) is 5.95 Å². The first-order chi connectivity index (χ1) is 9.08.